The summed E-state index contributed by atoms with van der Waals surface area (Å²) in [6.07, 6.45) is 2.76. The van der Waals surface area contributed by atoms with Crippen LogP contribution in [0.5, 0.6) is 11.5 Å². The maximum atomic E-state index is 14.4. The monoisotopic (exact) mass is 776 g/mol. The summed E-state index contributed by atoms with van der Waals surface area (Å²) in [5, 5.41) is 10.5. The quantitative estimate of drug-likeness (QED) is 0.139. The molecule has 2 aliphatic rings. The lowest BCUT2D eigenvalue weighted by Crippen LogP contribution is -2.47. The molecule has 9 nitrogen and oxygen atoms in total. The predicted octanol–water partition coefficient (Wildman–Crippen LogP) is 7.31. The highest BCUT2D eigenvalue weighted by Crippen LogP contribution is 2.45. The smallest absolute Gasteiger partial charge is 0.256 e. The lowest BCUT2D eigenvalue weighted by molar-refractivity contribution is -0.138. The number of ether oxygens (including phenoxy) is 3. The fourth-order valence-electron chi connectivity index (χ4n) is 6.64. The molecule has 1 fully saturated rings. The number of carbonyl (C=O) groups excluding carboxylic acids is 2. The molecule has 2 aliphatic heterocycles. The summed E-state index contributed by atoms with van der Waals surface area (Å²) >= 11 is 6.60. The van der Waals surface area contributed by atoms with Gasteiger partial charge in [-0.3, -0.25) is 9.59 Å². The number of methoxy groups -OCH3 is 1. The molecule has 12 heteroatoms. The zero-order valence-electron chi connectivity index (χ0n) is 30.8. The first-order valence-electron chi connectivity index (χ1n) is 17.9. The van der Waals surface area contributed by atoms with E-state index in [0.29, 0.717) is 40.9 Å². The number of nitrogens with zero attached hydrogens (tertiary/aromatic N) is 1. The van der Waals surface area contributed by atoms with E-state index in [1.807, 2.05) is 36.4 Å². The van der Waals surface area contributed by atoms with E-state index >= 15 is 0 Å². The number of nitrogens with one attached hydrogen (secondary N) is 3. The molecule has 0 aliphatic carbocycles. The summed E-state index contributed by atoms with van der Waals surface area (Å²) in [4.78, 5) is 29.5. The third-order valence-corrected chi connectivity index (χ3v) is 9.26. The fourth-order valence-corrected chi connectivity index (χ4v) is 6.82. The maximum Gasteiger partial charge on any atom is 0.256 e. The summed E-state index contributed by atoms with van der Waals surface area (Å²) in [6.45, 7) is 10.7. The molecule has 0 radical (unpaired) electrons. The Morgan fingerprint density at radius 1 is 0.981 bits per heavy atom. The van der Waals surface area contributed by atoms with Gasteiger partial charge in [-0.1, -0.05) is 74.8 Å². The number of para-hydroxylation sites is 1. The van der Waals surface area contributed by atoms with Crippen molar-refractivity contribution in [1.82, 2.24) is 16.0 Å². The van der Waals surface area contributed by atoms with Crippen LogP contribution in [-0.2, 0) is 20.7 Å². The largest absolute Gasteiger partial charge is 0.492 e. The average Bonchev–Trinajstić information content (AvgIpc) is 3.19. The summed E-state index contributed by atoms with van der Waals surface area (Å²) < 4.78 is 19.0. The van der Waals surface area contributed by atoms with Crippen molar-refractivity contribution in [2.45, 2.75) is 77.5 Å². The van der Waals surface area contributed by atoms with E-state index in [1.54, 1.807) is 18.1 Å². The van der Waals surface area contributed by atoms with Crippen LogP contribution in [-0.4, -0.2) is 70.4 Å². The van der Waals surface area contributed by atoms with E-state index < -0.39 is 12.2 Å². The van der Waals surface area contributed by atoms with Crippen LogP contribution in [0.1, 0.15) is 75.7 Å². The molecular weight excluding hydrogens is 723 g/mol. The highest BCUT2D eigenvalue weighted by molar-refractivity contribution is 6.30. The molecule has 286 valence electrons. The SMILES string of the molecule is COc1c(OCCCNCCCc2ccccc2)cccc1C1OC(CC(=O)NC2CCNCC2)C(=O)N(CC(C)(C)C)c2ccc(Cl)cc21.Cl.Cl. The second-order valence-corrected chi connectivity index (χ2v) is 14.8. The minimum absolute atomic E-state index is 0. The number of rotatable bonds is 15. The van der Waals surface area contributed by atoms with Gasteiger partial charge in [-0.15, -0.1) is 24.8 Å². The molecule has 0 spiro atoms. The number of hydrogen-bond donors (Lipinski definition) is 3. The van der Waals surface area contributed by atoms with Gasteiger partial charge in [0.05, 0.1) is 20.1 Å². The van der Waals surface area contributed by atoms with Crippen LogP contribution < -0.4 is 30.3 Å². The van der Waals surface area contributed by atoms with Crippen LogP contribution in [0, 0.1) is 5.41 Å². The first-order chi connectivity index (χ1) is 24.1. The number of halogens is 3. The summed E-state index contributed by atoms with van der Waals surface area (Å²) in [5.41, 5.74) is 3.25. The molecule has 3 N–H and O–H groups in total. The second-order valence-electron chi connectivity index (χ2n) is 14.4. The number of benzene rings is 3. The highest BCUT2D eigenvalue weighted by atomic mass is 35.5. The van der Waals surface area contributed by atoms with Crippen molar-refractivity contribution >= 4 is 53.9 Å². The van der Waals surface area contributed by atoms with E-state index in [9.17, 15) is 9.59 Å². The third-order valence-electron chi connectivity index (χ3n) is 9.03. The minimum atomic E-state index is -1.03. The van der Waals surface area contributed by atoms with Gasteiger partial charge in [0.1, 0.15) is 12.2 Å². The van der Waals surface area contributed by atoms with E-state index in [0.717, 1.165) is 63.8 Å². The molecule has 3 aromatic carbocycles. The van der Waals surface area contributed by atoms with Gasteiger partial charge in [-0.2, -0.15) is 0 Å². The van der Waals surface area contributed by atoms with Gasteiger partial charge >= 0.3 is 0 Å². The van der Waals surface area contributed by atoms with E-state index in [2.05, 4.69) is 61.0 Å². The normalized spacial score (nSPS) is 17.6. The lowest BCUT2D eigenvalue weighted by Gasteiger charge is -2.31. The van der Waals surface area contributed by atoms with E-state index in [4.69, 9.17) is 25.8 Å². The molecule has 3 aromatic rings. The van der Waals surface area contributed by atoms with Crippen molar-refractivity contribution in [3.63, 3.8) is 0 Å². The molecule has 2 atom stereocenters. The average molecular weight is 778 g/mol. The lowest BCUT2D eigenvalue weighted by atomic mass is 9.94. The van der Waals surface area contributed by atoms with Gasteiger partial charge in [0, 0.05) is 34.4 Å². The van der Waals surface area contributed by atoms with E-state index in [1.165, 1.54) is 5.56 Å². The Labute approximate surface area is 326 Å². The maximum absolute atomic E-state index is 14.4. The standard InChI is InChI=1S/C40H53ClN4O5.2ClH/c1-40(2,3)27-45-33-17-16-29(41)25-32(33)37(50-35(39(45)47)26-36(46)44-30-18-22-43-23-19-30)31-14-8-15-34(38(31)48-4)49-24-10-21-42-20-9-13-28-11-6-5-7-12-28;;/h5-8,11-12,14-17,25,30,35,37,42-43H,9-10,13,18-24,26-27H2,1-4H3,(H,44,46);2*1H. The summed E-state index contributed by atoms with van der Waals surface area (Å²) in [5.74, 6) is 0.651. The van der Waals surface area contributed by atoms with Crippen molar-refractivity contribution in [3.8, 4) is 11.5 Å². The molecule has 2 heterocycles. The number of aryl methyl sites for hydroxylation is 1. The van der Waals surface area contributed by atoms with Gasteiger partial charge in [-0.25, -0.2) is 0 Å². The molecule has 0 aromatic heterocycles. The second kappa shape index (κ2) is 21.0. The zero-order valence-corrected chi connectivity index (χ0v) is 33.1. The van der Waals surface area contributed by atoms with Gasteiger partial charge < -0.3 is 35.1 Å². The molecule has 5 rings (SSSR count). The Morgan fingerprint density at radius 3 is 2.42 bits per heavy atom. The number of fused-ring (bicyclic) bond motifs is 1. The Morgan fingerprint density at radius 2 is 1.71 bits per heavy atom. The van der Waals surface area contributed by atoms with Crippen molar-refractivity contribution in [1.29, 1.82) is 0 Å². The molecule has 2 amide bonds. The molecule has 52 heavy (non-hydrogen) atoms. The van der Waals surface area contributed by atoms with E-state index in [-0.39, 0.29) is 54.5 Å². The fraction of sp³-hybridized carbons (Fsp3) is 0.500. The molecular formula is C40H55Cl3N4O5. The van der Waals surface area contributed by atoms with Crippen molar-refractivity contribution in [2.24, 2.45) is 5.41 Å². The Bertz CT molecular complexity index is 1570. The molecule has 0 bridgehead atoms. The first kappa shape index (κ1) is 43.4. The summed E-state index contributed by atoms with van der Waals surface area (Å²) in [6, 6.07) is 21.8. The van der Waals surface area contributed by atoms with Crippen LogP contribution in [0.4, 0.5) is 5.69 Å². The Kier molecular flexibility index (Phi) is 17.5. The van der Waals surface area contributed by atoms with Gasteiger partial charge in [0.25, 0.3) is 5.91 Å². The zero-order chi connectivity index (χ0) is 35.5. The van der Waals surface area contributed by atoms with Crippen LogP contribution in [0.25, 0.3) is 0 Å². The predicted molar refractivity (Wildman–Crippen MR) is 214 cm³/mol. The Balaban J connectivity index is 0.00000364. The highest BCUT2D eigenvalue weighted by Gasteiger charge is 2.40. The van der Waals surface area contributed by atoms with Crippen molar-refractivity contribution in [2.75, 3.05) is 51.3 Å². The van der Waals surface area contributed by atoms with Gasteiger partial charge in [0.2, 0.25) is 5.91 Å². The first-order valence-corrected chi connectivity index (χ1v) is 18.3. The topological polar surface area (TPSA) is 101 Å². The number of anilines is 1. The number of hydrogen-bond acceptors (Lipinski definition) is 7. The molecule has 2 unspecified atom stereocenters. The summed E-state index contributed by atoms with van der Waals surface area (Å²) in [7, 11) is 1.61. The van der Waals surface area contributed by atoms with Crippen LogP contribution in [0.3, 0.4) is 0 Å². The van der Waals surface area contributed by atoms with Gasteiger partial charge in [-0.05, 0) is 93.5 Å². The number of amides is 2. The van der Waals surface area contributed by atoms with Crippen molar-refractivity contribution in [3.05, 3.63) is 88.4 Å². The Hall–Kier alpha value is -3.05. The van der Waals surface area contributed by atoms with Gasteiger partial charge in [0.15, 0.2) is 11.5 Å². The van der Waals surface area contributed by atoms with Crippen LogP contribution in [0.15, 0.2) is 66.7 Å². The number of piperidine rings is 1. The van der Waals surface area contributed by atoms with Crippen molar-refractivity contribution < 1.29 is 23.8 Å². The molecule has 1 saturated heterocycles. The van der Waals surface area contributed by atoms with Crippen LogP contribution in [0.2, 0.25) is 5.02 Å². The minimum Gasteiger partial charge on any atom is -0.492 e. The third kappa shape index (κ3) is 12.3. The number of carbonyl (C=O) groups is 2. The van der Waals surface area contributed by atoms with Crippen LogP contribution >= 0.6 is 36.4 Å². The molecule has 0 saturated carbocycles.